The van der Waals surface area contributed by atoms with Gasteiger partial charge >= 0.3 is 0 Å². The fourth-order valence-corrected chi connectivity index (χ4v) is 1.54. The maximum atomic E-state index is 13.1. The number of halogens is 1. The van der Waals surface area contributed by atoms with E-state index < -0.39 is 0 Å². The third-order valence-electron chi connectivity index (χ3n) is 2.35. The zero-order valence-electron chi connectivity index (χ0n) is 7.83. The second-order valence-corrected chi connectivity index (χ2v) is 3.42. The normalized spacial score (nSPS) is 13.4. The number of hydrogen-bond acceptors (Lipinski definition) is 2. The number of fused-ring (bicyclic) bond motifs is 1. The van der Waals surface area contributed by atoms with E-state index in [9.17, 15) is 4.39 Å². The van der Waals surface area contributed by atoms with E-state index in [-0.39, 0.29) is 18.3 Å². The zero-order chi connectivity index (χ0) is 10.1. The van der Waals surface area contributed by atoms with Crippen LogP contribution in [0.2, 0.25) is 0 Å². The molecule has 0 spiro atoms. The van der Waals surface area contributed by atoms with Crippen LogP contribution < -0.4 is 0 Å². The first-order valence-corrected chi connectivity index (χ1v) is 4.50. The Kier molecular flexibility index (Phi) is 2.25. The van der Waals surface area contributed by atoms with E-state index in [1.807, 2.05) is 6.92 Å². The van der Waals surface area contributed by atoms with Gasteiger partial charge in [-0.05, 0) is 18.2 Å². The molecule has 74 valence electrons. The first-order chi connectivity index (χ1) is 6.72. The minimum atomic E-state index is -0.297. The summed E-state index contributed by atoms with van der Waals surface area (Å²) >= 11 is 0. The van der Waals surface area contributed by atoms with Crippen molar-refractivity contribution >= 4 is 11.0 Å². The molecule has 3 heteroatoms. The first kappa shape index (κ1) is 9.21. The second kappa shape index (κ2) is 3.42. The van der Waals surface area contributed by atoms with Crippen molar-refractivity contribution in [2.24, 2.45) is 0 Å². The maximum Gasteiger partial charge on any atom is 0.137 e. The second-order valence-electron chi connectivity index (χ2n) is 3.42. The van der Waals surface area contributed by atoms with E-state index in [4.69, 9.17) is 9.52 Å². The summed E-state index contributed by atoms with van der Waals surface area (Å²) in [5, 5.41) is 9.75. The van der Waals surface area contributed by atoms with Crippen LogP contribution in [-0.4, -0.2) is 11.7 Å². The molecule has 0 saturated heterocycles. The smallest absolute Gasteiger partial charge is 0.137 e. The fourth-order valence-electron chi connectivity index (χ4n) is 1.54. The van der Waals surface area contributed by atoms with Gasteiger partial charge in [0.2, 0.25) is 0 Å². The predicted octanol–water partition coefficient (Wildman–Crippen LogP) is 2.67. The number of benzene rings is 1. The van der Waals surface area contributed by atoms with Crippen LogP contribution in [0.25, 0.3) is 11.0 Å². The minimum Gasteiger partial charge on any atom is -0.464 e. The van der Waals surface area contributed by atoms with Crippen molar-refractivity contribution < 1.29 is 13.9 Å². The molecule has 0 radical (unpaired) electrons. The Balaban J connectivity index is 2.66. The lowest BCUT2D eigenvalue weighted by Gasteiger charge is -2.08. The van der Waals surface area contributed by atoms with Crippen molar-refractivity contribution in [1.82, 2.24) is 0 Å². The molecule has 2 rings (SSSR count). The van der Waals surface area contributed by atoms with Crippen LogP contribution in [0, 0.1) is 5.82 Å². The topological polar surface area (TPSA) is 33.4 Å². The van der Waals surface area contributed by atoms with Gasteiger partial charge in [0.05, 0.1) is 6.26 Å². The van der Waals surface area contributed by atoms with Crippen molar-refractivity contribution in [3.63, 3.8) is 0 Å². The molecule has 2 nitrogen and oxygen atoms in total. The minimum absolute atomic E-state index is 0.0146. The number of aliphatic hydroxyl groups excluding tert-OH is 1. The van der Waals surface area contributed by atoms with Crippen LogP contribution in [0.3, 0.4) is 0 Å². The molecule has 1 aromatic carbocycles. The van der Waals surface area contributed by atoms with Crippen LogP contribution in [0.1, 0.15) is 18.4 Å². The van der Waals surface area contributed by atoms with Crippen molar-refractivity contribution in [2.45, 2.75) is 12.8 Å². The molecule has 0 aliphatic carbocycles. The van der Waals surface area contributed by atoms with Gasteiger partial charge in [-0.15, -0.1) is 0 Å². The molecule has 14 heavy (non-hydrogen) atoms. The molecule has 1 atom stereocenters. The number of hydrogen-bond donors (Lipinski definition) is 1. The zero-order valence-corrected chi connectivity index (χ0v) is 7.83. The standard InChI is InChI=1S/C11H11FO2/c1-7(6-13)10-5-9(12)4-8-2-3-14-11(8)10/h2-5,7,13H,6H2,1H3. The summed E-state index contributed by atoms with van der Waals surface area (Å²) < 4.78 is 18.4. The maximum absolute atomic E-state index is 13.1. The third kappa shape index (κ3) is 1.40. The van der Waals surface area contributed by atoms with E-state index in [1.54, 1.807) is 6.07 Å². The van der Waals surface area contributed by atoms with Gasteiger partial charge in [-0.3, -0.25) is 0 Å². The molecule has 1 aromatic heterocycles. The van der Waals surface area contributed by atoms with Gasteiger partial charge in [-0.1, -0.05) is 6.92 Å². The Bertz CT molecular complexity index is 447. The lowest BCUT2D eigenvalue weighted by molar-refractivity contribution is 0.273. The summed E-state index contributed by atoms with van der Waals surface area (Å²) in [6, 6.07) is 4.55. The van der Waals surface area contributed by atoms with Crippen molar-refractivity contribution in [1.29, 1.82) is 0 Å². The van der Waals surface area contributed by atoms with E-state index in [2.05, 4.69) is 0 Å². The van der Waals surface area contributed by atoms with E-state index in [0.717, 1.165) is 5.39 Å². The quantitative estimate of drug-likeness (QED) is 0.797. The number of rotatable bonds is 2. The molecular weight excluding hydrogens is 183 g/mol. The van der Waals surface area contributed by atoms with Gasteiger partial charge in [0.25, 0.3) is 0 Å². The van der Waals surface area contributed by atoms with Gasteiger partial charge < -0.3 is 9.52 Å². The Hall–Kier alpha value is -1.35. The predicted molar refractivity (Wildman–Crippen MR) is 51.7 cm³/mol. The lowest BCUT2D eigenvalue weighted by Crippen LogP contribution is -1.99. The van der Waals surface area contributed by atoms with Crippen molar-refractivity contribution in [3.8, 4) is 0 Å². The summed E-state index contributed by atoms with van der Waals surface area (Å²) in [5.41, 5.74) is 1.38. The molecule has 0 aliphatic rings. The Morgan fingerprint density at radius 3 is 3.00 bits per heavy atom. The molecule has 0 amide bonds. The van der Waals surface area contributed by atoms with Gasteiger partial charge in [-0.25, -0.2) is 4.39 Å². The van der Waals surface area contributed by atoms with E-state index in [0.29, 0.717) is 11.1 Å². The summed E-state index contributed by atoms with van der Waals surface area (Å²) in [4.78, 5) is 0. The molecule has 0 fully saturated rings. The van der Waals surface area contributed by atoms with E-state index >= 15 is 0 Å². The summed E-state index contributed by atoms with van der Waals surface area (Å²) in [6.07, 6.45) is 1.53. The molecule has 1 unspecified atom stereocenters. The third-order valence-corrected chi connectivity index (χ3v) is 2.35. The Morgan fingerprint density at radius 2 is 2.29 bits per heavy atom. The van der Waals surface area contributed by atoms with Crippen LogP contribution in [0.5, 0.6) is 0 Å². The molecule has 1 N–H and O–H groups in total. The molecule has 0 bridgehead atoms. The van der Waals surface area contributed by atoms with Gasteiger partial charge in [0.1, 0.15) is 11.4 Å². The molecule has 2 aromatic rings. The lowest BCUT2D eigenvalue weighted by atomic mass is 10.00. The number of furan rings is 1. The van der Waals surface area contributed by atoms with Gasteiger partial charge in [0.15, 0.2) is 0 Å². The highest BCUT2D eigenvalue weighted by Crippen LogP contribution is 2.27. The molecule has 1 heterocycles. The molecule has 0 saturated carbocycles. The Morgan fingerprint density at radius 1 is 1.50 bits per heavy atom. The van der Waals surface area contributed by atoms with Crippen LogP contribution in [0.15, 0.2) is 28.9 Å². The molecular formula is C11H11FO2. The Labute approximate surface area is 81.0 Å². The molecule has 0 aliphatic heterocycles. The highest BCUT2D eigenvalue weighted by atomic mass is 19.1. The number of aliphatic hydroxyl groups is 1. The average Bonchev–Trinajstić information content (AvgIpc) is 2.62. The van der Waals surface area contributed by atoms with Gasteiger partial charge in [0, 0.05) is 23.5 Å². The monoisotopic (exact) mass is 194 g/mol. The summed E-state index contributed by atoms with van der Waals surface area (Å²) in [5.74, 6) is -0.409. The van der Waals surface area contributed by atoms with Crippen LogP contribution in [0.4, 0.5) is 4.39 Å². The van der Waals surface area contributed by atoms with Crippen molar-refractivity contribution in [3.05, 3.63) is 35.8 Å². The largest absolute Gasteiger partial charge is 0.464 e. The van der Waals surface area contributed by atoms with Crippen LogP contribution >= 0.6 is 0 Å². The van der Waals surface area contributed by atoms with Gasteiger partial charge in [-0.2, -0.15) is 0 Å². The summed E-state index contributed by atoms with van der Waals surface area (Å²) in [6.45, 7) is 1.82. The first-order valence-electron chi connectivity index (χ1n) is 4.50. The van der Waals surface area contributed by atoms with Crippen molar-refractivity contribution in [2.75, 3.05) is 6.61 Å². The van der Waals surface area contributed by atoms with E-state index in [1.165, 1.54) is 18.4 Å². The SMILES string of the molecule is CC(CO)c1cc(F)cc2ccoc12. The summed E-state index contributed by atoms with van der Waals surface area (Å²) in [7, 11) is 0. The highest BCUT2D eigenvalue weighted by molar-refractivity contribution is 5.80. The fraction of sp³-hybridized carbons (Fsp3) is 0.273. The average molecular weight is 194 g/mol. The highest BCUT2D eigenvalue weighted by Gasteiger charge is 2.12. The van der Waals surface area contributed by atoms with Crippen LogP contribution in [-0.2, 0) is 0 Å².